The molecule has 1 aliphatic heterocycles. The molecule has 1 aliphatic carbocycles. The van der Waals surface area contributed by atoms with Crippen molar-refractivity contribution in [2.75, 3.05) is 18.4 Å². The Bertz CT molecular complexity index is 1060. The Labute approximate surface area is 206 Å². The fourth-order valence-corrected chi connectivity index (χ4v) is 4.36. The summed E-state index contributed by atoms with van der Waals surface area (Å²) in [6.07, 6.45) is 3.72. The Balaban J connectivity index is 1.23. The van der Waals surface area contributed by atoms with Gasteiger partial charge in [-0.3, -0.25) is 0 Å². The number of anilines is 1. The molecule has 2 N–H and O–H groups in total. The van der Waals surface area contributed by atoms with Gasteiger partial charge in [-0.15, -0.1) is 0 Å². The fourth-order valence-electron chi connectivity index (χ4n) is 4.36. The van der Waals surface area contributed by atoms with Crippen LogP contribution in [0.1, 0.15) is 77.6 Å². The van der Waals surface area contributed by atoms with Crippen molar-refractivity contribution in [3.8, 4) is 0 Å². The highest BCUT2D eigenvalue weighted by molar-refractivity contribution is 5.69. The average molecular weight is 488 g/mol. The first-order valence-electron chi connectivity index (χ1n) is 12.4. The topological polar surface area (TPSA) is 123 Å². The van der Waals surface area contributed by atoms with Crippen molar-refractivity contribution in [1.82, 2.24) is 29.8 Å². The molecule has 2 amide bonds. The van der Waals surface area contributed by atoms with Gasteiger partial charge >= 0.3 is 12.2 Å². The molecule has 2 aromatic heterocycles. The molecule has 0 unspecified atom stereocenters. The van der Waals surface area contributed by atoms with Crippen molar-refractivity contribution in [1.29, 1.82) is 0 Å². The number of fused-ring (bicyclic) bond motifs is 1. The van der Waals surface area contributed by atoms with Crippen molar-refractivity contribution in [3.63, 3.8) is 0 Å². The van der Waals surface area contributed by atoms with Crippen LogP contribution in [0.25, 0.3) is 5.65 Å². The van der Waals surface area contributed by atoms with E-state index < -0.39 is 11.7 Å². The lowest BCUT2D eigenvalue weighted by Gasteiger charge is -2.38. The van der Waals surface area contributed by atoms with Crippen LogP contribution in [0.3, 0.4) is 0 Å². The van der Waals surface area contributed by atoms with E-state index in [9.17, 15) is 9.59 Å². The summed E-state index contributed by atoms with van der Waals surface area (Å²) in [4.78, 5) is 35.3. The highest BCUT2D eigenvalue weighted by atomic mass is 16.6. The Hall–Kier alpha value is -3.11. The number of aryl methyl sites for hydroxylation is 1. The van der Waals surface area contributed by atoms with Crippen molar-refractivity contribution >= 4 is 23.8 Å². The molecule has 1 saturated carbocycles. The van der Waals surface area contributed by atoms with Gasteiger partial charge in [-0.1, -0.05) is 13.8 Å². The van der Waals surface area contributed by atoms with Crippen LogP contribution in [0, 0.1) is 6.92 Å². The number of amides is 2. The molecular formula is C24H37N7O4. The van der Waals surface area contributed by atoms with Crippen molar-refractivity contribution in [2.45, 2.75) is 96.9 Å². The first-order valence-corrected chi connectivity index (χ1v) is 12.4. The number of ether oxygens (including phenoxy) is 2. The Morgan fingerprint density at radius 3 is 2.43 bits per heavy atom. The minimum absolute atomic E-state index is 0.0238. The van der Waals surface area contributed by atoms with E-state index in [1.165, 1.54) is 0 Å². The first-order chi connectivity index (χ1) is 16.5. The second kappa shape index (κ2) is 9.87. The molecule has 11 nitrogen and oxygen atoms in total. The number of piperidine rings is 1. The number of likely N-dealkylation sites (tertiary alicyclic amines) is 1. The number of alkyl carbamates (subject to hydrolysis) is 1. The number of hydrogen-bond donors (Lipinski definition) is 2. The number of hydrogen-bond acceptors (Lipinski definition) is 8. The molecular weight excluding hydrogens is 450 g/mol. The van der Waals surface area contributed by atoms with E-state index in [1.807, 2.05) is 33.9 Å². The van der Waals surface area contributed by atoms with Crippen LogP contribution >= 0.6 is 0 Å². The van der Waals surface area contributed by atoms with E-state index in [4.69, 9.17) is 9.47 Å². The maximum Gasteiger partial charge on any atom is 0.410 e. The number of carbonyl (C=O) groups is 2. The van der Waals surface area contributed by atoms with Crippen LogP contribution < -0.4 is 10.6 Å². The molecule has 0 spiro atoms. The first kappa shape index (κ1) is 25.0. The SMILES string of the molecule is Cc1nc(NC2CCN(C(=O)OC3CC(NC(=O)OC(C)(C)C)C3)CC2)n2ncc(C(C)C)c2n1. The van der Waals surface area contributed by atoms with Gasteiger partial charge in [0, 0.05) is 43.6 Å². The second-order valence-electron chi connectivity index (χ2n) is 10.8. The zero-order valence-electron chi connectivity index (χ0n) is 21.5. The quantitative estimate of drug-likeness (QED) is 0.655. The van der Waals surface area contributed by atoms with Gasteiger partial charge in [0.1, 0.15) is 17.5 Å². The Kier molecular flexibility index (Phi) is 7.05. The summed E-state index contributed by atoms with van der Waals surface area (Å²) in [6.45, 7) is 12.8. The summed E-state index contributed by atoms with van der Waals surface area (Å²) in [5, 5.41) is 10.8. The van der Waals surface area contributed by atoms with Gasteiger partial charge in [0.25, 0.3) is 0 Å². The summed E-state index contributed by atoms with van der Waals surface area (Å²) < 4.78 is 12.7. The van der Waals surface area contributed by atoms with E-state index in [2.05, 4.69) is 39.5 Å². The lowest BCUT2D eigenvalue weighted by atomic mass is 9.89. The number of aromatic nitrogens is 4. The summed E-state index contributed by atoms with van der Waals surface area (Å²) in [5.41, 5.74) is 1.39. The normalized spacial score (nSPS) is 21.1. The third-order valence-corrected chi connectivity index (χ3v) is 6.30. The predicted octanol–water partition coefficient (Wildman–Crippen LogP) is 3.62. The highest BCUT2D eigenvalue weighted by Crippen LogP contribution is 2.26. The Morgan fingerprint density at radius 2 is 1.80 bits per heavy atom. The number of carbonyl (C=O) groups excluding carboxylic acids is 2. The molecule has 0 radical (unpaired) electrons. The van der Waals surface area contributed by atoms with Crippen LogP contribution in [-0.4, -0.2) is 73.5 Å². The summed E-state index contributed by atoms with van der Waals surface area (Å²) in [7, 11) is 0. The molecule has 11 heteroatoms. The van der Waals surface area contributed by atoms with Crippen molar-refractivity contribution in [2.24, 2.45) is 0 Å². The molecule has 192 valence electrons. The lowest BCUT2D eigenvalue weighted by Crippen LogP contribution is -2.51. The zero-order chi connectivity index (χ0) is 25.3. The third-order valence-electron chi connectivity index (χ3n) is 6.30. The van der Waals surface area contributed by atoms with Gasteiger partial charge in [0.05, 0.1) is 6.20 Å². The average Bonchev–Trinajstić information content (AvgIpc) is 3.15. The predicted molar refractivity (Wildman–Crippen MR) is 130 cm³/mol. The second-order valence-corrected chi connectivity index (χ2v) is 10.8. The van der Waals surface area contributed by atoms with E-state index in [-0.39, 0.29) is 24.3 Å². The van der Waals surface area contributed by atoms with E-state index in [1.54, 1.807) is 9.42 Å². The molecule has 35 heavy (non-hydrogen) atoms. The van der Waals surface area contributed by atoms with Gasteiger partial charge in [-0.25, -0.2) is 14.6 Å². The highest BCUT2D eigenvalue weighted by Gasteiger charge is 2.36. The third kappa shape index (κ3) is 6.12. The number of nitrogens with zero attached hydrogens (tertiary/aromatic N) is 5. The van der Waals surface area contributed by atoms with Crippen LogP contribution in [-0.2, 0) is 9.47 Å². The van der Waals surface area contributed by atoms with Crippen molar-refractivity contribution < 1.29 is 19.1 Å². The number of nitrogens with one attached hydrogen (secondary N) is 2. The summed E-state index contributed by atoms with van der Waals surface area (Å²) in [5.74, 6) is 1.70. The van der Waals surface area contributed by atoms with Crippen LogP contribution in [0.2, 0.25) is 0 Å². The van der Waals surface area contributed by atoms with Crippen LogP contribution in [0.4, 0.5) is 15.5 Å². The van der Waals surface area contributed by atoms with Gasteiger partial charge in [-0.05, 0) is 46.5 Å². The van der Waals surface area contributed by atoms with Crippen LogP contribution in [0.15, 0.2) is 6.20 Å². The maximum absolute atomic E-state index is 12.6. The molecule has 1 saturated heterocycles. The maximum atomic E-state index is 12.6. The molecule has 0 bridgehead atoms. The standard InChI is InChI=1S/C24H37N7O4/c1-14(2)19-13-25-31-20(19)26-15(3)27-21(31)28-16-7-9-30(10-8-16)23(33)34-18-11-17(12-18)29-22(32)35-24(4,5)6/h13-14,16-18H,7-12H2,1-6H3,(H,29,32)(H,26,27,28). The molecule has 2 aliphatic rings. The Morgan fingerprint density at radius 1 is 1.11 bits per heavy atom. The minimum atomic E-state index is -0.533. The molecule has 4 rings (SSSR count). The fraction of sp³-hybridized carbons (Fsp3) is 0.708. The molecule has 3 heterocycles. The smallest absolute Gasteiger partial charge is 0.410 e. The van der Waals surface area contributed by atoms with Gasteiger partial charge in [0.15, 0.2) is 5.65 Å². The van der Waals surface area contributed by atoms with E-state index in [0.717, 1.165) is 24.1 Å². The monoisotopic (exact) mass is 487 g/mol. The van der Waals surface area contributed by atoms with Gasteiger partial charge in [0.2, 0.25) is 5.95 Å². The summed E-state index contributed by atoms with van der Waals surface area (Å²) in [6, 6.07) is 0.151. The summed E-state index contributed by atoms with van der Waals surface area (Å²) >= 11 is 0. The van der Waals surface area contributed by atoms with Gasteiger partial charge in [-0.2, -0.15) is 14.6 Å². The molecule has 2 aromatic rings. The van der Waals surface area contributed by atoms with E-state index in [0.29, 0.717) is 43.6 Å². The van der Waals surface area contributed by atoms with Crippen molar-refractivity contribution in [3.05, 3.63) is 17.6 Å². The molecule has 2 fully saturated rings. The zero-order valence-corrected chi connectivity index (χ0v) is 21.5. The van der Waals surface area contributed by atoms with E-state index >= 15 is 0 Å². The number of rotatable bonds is 5. The molecule has 0 aromatic carbocycles. The molecule has 0 atom stereocenters. The largest absolute Gasteiger partial charge is 0.446 e. The minimum Gasteiger partial charge on any atom is -0.446 e. The lowest BCUT2D eigenvalue weighted by molar-refractivity contribution is 0.00217. The van der Waals surface area contributed by atoms with Crippen LogP contribution in [0.5, 0.6) is 0 Å². The van der Waals surface area contributed by atoms with Gasteiger partial charge < -0.3 is 25.0 Å².